The summed E-state index contributed by atoms with van der Waals surface area (Å²) in [5.41, 5.74) is 12.5. The van der Waals surface area contributed by atoms with Crippen LogP contribution in [-0.4, -0.2) is 13.1 Å². The van der Waals surface area contributed by atoms with E-state index in [1.165, 1.54) is 90.2 Å². The second-order valence-corrected chi connectivity index (χ2v) is 17.0. The van der Waals surface area contributed by atoms with Crippen LogP contribution in [0.5, 0.6) is 0 Å². The molecule has 1 heterocycles. The zero-order chi connectivity index (χ0) is 35.3. The van der Waals surface area contributed by atoms with Gasteiger partial charge >= 0.3 is 0 Å². The zero-order valence-electron chi connectivity index (χ0n) is 32.4. The van der Waals surface area contributed by atoms with E-state index in [0.29, 0.717) is 17.8 Å². The Balaban J connectivity index is 1.27. The van der Waals surface area contributed by atoms with E-state index in [-0.39, 0.29) is 10.8 Å². The van der Waals surface area contributed by atoms with Crippen molar-refractivity contribution in [2.45, 2.75) is 130 Å². The van der Waals surface area contributed by atoms with E-state index in [2.05, 4.69) is 170 Å². The van der Waals surface area contributed by atoms with Crippen LogP contribution in [0.25, 0.3) is 0 Å². The molecule has 0 aromatic heterocycles. The maximum Gasteiger partial charge on any atom is 0.0461 e. The molecule has 4 aromatic carbocycles. The van der Waals surface area contributed by atoms with E-state index < -0.39 is 0 Å². The minimum Gasteiger partial charge on any atom is -0.371 e. The molecule has 2 heteroatoms. The minimum absolute atomic E-state index is 0.111. The van der Waals surface area contributed by atoms with E-state index in [1.807, 2.05) is 0 Å². The van der Waals surface area contributed by atoms with Gasteiger partial charge in [-0.05, 0) is 137 Å². The molecular weight excluding hydrogens is 593 g/mol. The van der Waals surface area contributed by atoms with Crippen molar-refractivity contribution < 1.29 is 0 Å². The smallest absolute Gasteiger partial charge is 0.0461 e. The van der Waals surface area contributed by atoms with Gasteiger partial charge in [-0.15, -0.1) is 0 Å². The predicted molar refractivity (Wildman–Crippen MR) is 216 cm³/mol. The predicted octanol–water partition coefficient (Wildman–Crippen LogP) is 13.6. The molecule has 1 aliphatic heterocycles. The van der Waals surface area contributed by atoms with Gasteiger partial charge < -0.3 is 9.80 Å². The average Bonchev–Trinajstić information content (AvgIpc) is 3.08. The van der Waals surface area contributed by atoms with Crippen LogP contribution in [-0.2, 0) is 17.3 Å². The van der Waals surface area contributed by atoms with Crippen molar-refractivity contribution in [3.63, 3.8) is 0 Å². The zero-order valence-corrected chi connectivity index (χ0v) is 32.4. The molecule has 0 saturated heterocycles. The van der Waals surface area contributed by atoms with Crippen LogP contribution in [0.4, 0.5) is 22.7 Å². The monoisotopic (exact) mass is 657 g/mol. The molecule has 49 heavy (non-hydrogen) atoms. The van der Waals surface area contributed by atoms with Crippen molar-refractivity contribution in [3.8, 4) is 0 Å². The van der Waals surface area contributed by atoms with Crippen LogP contribution in [0.3, 0.4) is 0 Å². The van der Waals surface area contributed by atoms with Gasteiger partial charge in [-0.2, -0.15) is 0 Å². The van der Waals surface area contributed by atoms with Gasteiger partial charge in [0.2, 0.25) is 0 Å². The lowest BCUT2D eigenvalue weighted by Crippen LogP contribution is -2.30. The molecule has 262 valence electrons. The molecular formula is C47H64N2. The number of anilines is 4. The molecule has 2 atom stereocenters. The maximum atomic E-state index is 2.65. The van der Waals surface area contributed by atoms with Gasteiger partial charge in [0.05, 0.1) is 0 Å². The van der Waals surface area contributed by atoms with Gasteiger partial charge in [0, 0.05) is 35.8 Å². The van der Waals surface area contributed by atoms with Crippen LogP contribution in [0, 0.1) is 5.92 Å². The molecule has 0 N–H and O–H groups in total. The van der Waals surface area contributed by atoms with E-state index >= 15 is 0 Å². The molecule has 2 nitrogen and oxygen atoms in total. The summed E-state index contributed by atoms with van der Waals surface area (Å²) >= 11 is 0. The summed E-state index contributed by atoms with van der Waals surface area (Å²) in [6, 6.07) is 35.0. The largest absolute Gasteiger partial charge is 0.371 e. The lowest BCUT2D eigenvalue weighted by Gasteiger charge is -2.33. The highest BCUT2D eigenvalue weighted by atomic mass is 15.1. The third kappa shape index (κ3) is 8.99. The van der Waals surface area contributed by atoms with Gasteiger partial charge in [0.25, 0.3) is 0 Å². The third-order valence-electron chi connectivity index (χ3n) is 11.2. The van der Waals surface area contributed by atoms with Crippen molar-refractivity contribution in [3.05, 3.63) is 119 Å². The third-order valence-corrected chi connectivity index (χ3v) is 11.2. The summed E-state index contributed by atoms with van der Waals surface area (Å²) in [6.07, 6.45) is 7.36. The number of benzene rings is 4. The summed E-state index contributed by atoms with van der Waals surface area (Å²) < 4.78 is 0. The molecule has 0 saturated carbocycles. The highest BCUT2D eigenvalue weighted by Gasteiger charge is 2.25. The lowest BCUT2D eigenvalue weighted by atomic mass is 9.76. The van der Waals surface area contributed by atoms with Crippen molar-refractivity contribution in [2.75, 3.05) is 22.9 Å². The topological polar surface area (TPSA) is 6.48 Å². The standard InChI is InChI=1S/C47H64N2/c1-11-36(5)37-16-23-42(24-17-37)49(43-25-19-40(20-26-43)46(6,7)8)44-27-21-41(22-28-44)47(9,10)33-35(4)14-12-30-48-31-13-15-39-32-38(34(2)3)18-29-45(39)48/h16-29,32,34-36H,11-15,30-31,33H2,1-10H3. The molecule has 0 radical (unpaired) electrons. The van der Waals surface area contributed by atoms with Crippen molar-refractivity contribution in [2.24, 2.45) is 5.92 Å². The lowest BCUT2D eigenvalue weighted by molar-refractivity contribution is 0.357. The Kier molecular flexibility index (Phi) is 11.7. The first-order valence-electron chi connectivity index (χ1n) is 19.3. The Hall–Kier alpha value is -3.52. The normalized spacial score (nSPS) is 14.9. The van der Waals surface area contributed by atoms with E-state index in [0.717, 1.165) is 6.42 Å². The fourth-order valence-corrected chi connectivity index (χ4v) is 7.82. The second kappa shape index (κ2) is 15.6. The number of rotatable bonds is 13. The molecule has 0 fully saturated rings. The first kappa shape index (κ1) is 36.8. The van der Waals surface area contributed by atoms with Crippen LogP contribution in [0.2, 0.25) is 0 Å². The van der Waals surface area contributed by atoms with Crippen LogP contribution >= 0.6 is 0 Å². The molecule has 0 bridgehead atoms. The minimum atomic E-state index is 0.111. The Morgan fingerprint density at radius 1 is 0.694 bits per heavy atom. The fourth-order valence-electron chi connectivity index (χ4n) is 7.82. The number of hydrogen-bond donors (Lipinski definition) is 0. The Morgan fingerprint density at radius 2 is 1.24 bits per heavy atom. The molecule has 5 rings (SSSR count). The number of nitrogens with zero attached hydrogens (tertiary/aromatic N) is 2. The Morgan fingerprint density at radius 3 is 1.80 bits per heavy atom. The number of aryl methyl sites for hydroxylation is 1. The highest BCUT2D eigenvalue weighted by molar-refractivity contribution is 5.77. The molecule has 1 aliphatic rings. The fraction of sp³-hybridized carbons (Fsp3) is 0.489. The first-order chi connectivity index (χ1) is 23.3. The summed E-state index contributed by atoms with van der Waals surface area (Å²) in [5, 5.41) is 0. The average molecular weight is 657 g/mol. The van der Waals surface area contributed by atoms with Gasteiger partial charge in [-0.25, -0.2) is 0 Å². The van der Waals surface area contributed by atoms with Crippen LogP contribution < -0.4 is 9.80 Å². The van der Waals surface area contributed by atoms with Crippen molar-refractivity contribution >= 4 is 22.7 Å². The summed E-state index contributed by atoms with van der Waals surface area (Å²) in [5.74, 6) is 1.83. The highest BCUT2D eigenvalue weighted by Crippen LogP contribution is 2.39. The maximum absolute atomic E-state index is 2.65. The second-order valence-electron chi connectivity index (χ2n) is 17.0. The quantitative estimate of drug-likeness (QED) is 0.141. The van der Waals surface area contributed by atoms with Crippen LogP contribution in [0.1, 0.15) is 141 Å². The molecule has 2 unspecified atom stereocenters. The van der Waals surface area contributed by atoms with Gasteiger partial charge in [0.15, 0.2) is 0 Å². The van der Waals surface area contributed by atoms with E-state index in [9.17, 15) is 0 Å². The van der Waals surface area contributed by atoms with Crippen LogP contribution in [0.15, 0.2) is 91.0 Å². The number of hydrogen-bond acceptors (Lipinski definition) is 2. The van der Waals surface area contributed by atoms with E-state index in [1.54, 1.807) is 5.56 Å². The summed E-state index contributed by atoms with van der Waals surface area (Å²) in [6.45, 7) is 25.7. The Bertz CT molecular complexity index is 1620. The summed E-state index contributed by atoms with van der Waals surface area (Å²) in [7, 11) is 0. The molecule has 0 aliphatic carbocycles. The van der Waals surface area contributed by atoms with Gasteiger partial charge in [-0.1, -0.05) is 118 Å². The van der Waals surface area contributed by atoms with Crippen molar-refractivity contribution in [1.29, 1.82) is 0 Å². The number of fused-ring (bicyclic) bond motifs is 1. The summed E-state index contributed by atoms with van der Waals surface area (Å²) in [4.78, 5) is 5.06. The van der Waals surface area contributed by atoms with Crippen molar-refractivity contribution in [1.82, 2.24) is 0 Å². The molecule has 4 aromatic rings. The Labute approximate surface area is 300 Å². The molecule has 0 spiro atoms. The van der Waals surface area contributed by atoms with Gasteiger partial charge in [-0.3, -0.25) is 0 Å². The first-order valence-corrected chi connectivity index (χ1v) is 19.3. The van der Waals surface area contributed by atoms with E-state index in [4.69, 9.17) is 0 Å². The SMILES string of the molecule is CCC(C)c1ccc(N(c2ccc(C(C)(C)C)cc2)c2ccc(C(C)(C)CC(C)CCCN3CCCc4cc(C(C)C)ccc43)cc2)cc1. The van der Waals surface area contributed by atoms with Gasteiger partial charge in [0.1, 0.15) is 0 Å². The molecule has 0 amide bonds.